The van der Waals surface area contributed by atoms with Crippen LogP contribution in [-0.2, 0) is 16.1 Å². The minimum absolute atomic E-state index is 0.186. The summed E-state index contributed by atoms with van der Waals surface area (Å²) in [6, 6.07) is 27.5. The number of thiazole rings is 1. The van der Waals surface area contributed by atoms with E-state index in [1.165, 1.54) is 11.3 Å². The molecule has 5 aromatic rings. The van der Waals surface area contributed by atoms with Gasteiger partial charge in [0.05, 0.1) is 32.0 Å². The Balaban J connectivity index is 1.54. The van der Waals surface area contributed by atoms with E-state index in [2.05, 4.69) is 45.2 Å². The van der Waals surface area contributed by atoms with Crippen molar-refractivity contribution in [2.45, 2.75) is 19.6 Å². The Morgan fingerprint density at radius 2 is 1.72 bits per heavy atom. The third kappa shape index (κ3) is 6.84. The topological polar surface area (TPSA) is 69.9 Å². The summed E-state index contributed by atoms with van der Waals surface area (Å²) in [6.45, 7) is 2.16. The Bertz CT molecular complexity index is 2170. The second-order valence-electron chi connectivity index (χ2n) is 10.2. The maximum Gasteiger partial charge on any atom is 0.338 e. The minimum Gasteiger partial charge on any atom is -0.487 e. The fourth-order valence-electron chi connectivity index (χ4n) is 5.16. The average molecular weight is 893 g/mol. The van der Waals surface area contributed by atoms with Crippen molar-refractivity contribution >= 4 is 97.5 Å². The smallest absolute Gasteiger partial charge is 0.338 e. The Labute approximate surface area is 306 Å². The maximum atomic E-state index is 14.3. The van der Waals surface area contributed by atoms with Crippen LogP contribution in [-0.4, -0.2) is 17.1 Å². The molecule has 1 aromatic heterocycles. The highest BCUT2D eigenvalue weighted by molar-refractivity contribution is 14.1. The van der Waals surface area contributed by atoms with Crippen molar-refractivity contribution in [2.75, 3.05) is 6.61 Å². The zero-order chi connectivity index (χ0) is 32.4. The highest BCUT2D eigenvalue weighted by Crippen LogP contribution is 2.35. The number of carbonyl (C=O) groups excluding carboxylic acids is 1. The highest BCUT2D eigenvalue weighted by Gasteiger charge is 2.35. The number of benzene rings is 4. The molecule has 0 radical (unpaired) electrons. The monoisotopic (exact) mass is 892 g/mol. The van der Waals surface area contributed by atoms with Crippen LogP contribution in [0.2, 0.25) is 10.0 Å². The van der Waals surface area contributed by atoms with Crippen LogP contribution in [0.4, 0.5) is 0 Å². The third-order valence-electron chi connectivity index (χ3n) is 7.20. The summed E-state index contributed by atoms with van der Waals surface area (Å²) < 4.78 is 15.8. The molecule has 46 heavy (non-hydrogen) atoms. The van der Waals surface area contributed by atoms with E-state index < -0.39 is 12.0 Å². The first-order valence-electron chi connectivity index (χ1n) is 14.1. The Morgan fingerprint density at radius 3 is 2.41 bits per heavy atom. The van der Waals surface area contributed by atoms with Crippen molar-refractivity contribution in [3.8, 4) is 5.75 Å². The molecule has 0 aliphatic carbocycles. The number of hydrogen-bond donors (Lipinski definition) is 0. The van der Waals surface area contributed by atoms with Gasteiger partial charge in [0.15, 0.2) is 4.80 Å². The van der Waals surface area contributed by atoms with E-state index in [4.69, 9.17) is 37.7 Å². The first-order chi connectivity index (χ1) is 22.2. The van der Waals surface area contributed by atoms with Crippen molar-refractivity contribution < 1.29 is 14.3 Å². The molecule has 0 fully saturated rings. The van der Waals surface area contributed by atoms with Crippen LogP contribution in [0.25, 0.3) is 11.8 Å². The van der Waals surface area contributed by atoms with E-state index in [1.807, 2.05) is 84.9 Å². The van der Waals surface area contributed by atoms with E-state index in [0.717, 1.165) is 29.4 Å². The van der Waals surface area contributed by atoms with Crippen LogP contribution in [0.3, 0.4) is 0 Å². The number of carbonyl (C=O) groups is 1. The largest absolute Gasteiger partial charge is 0.487 e. The first kappa shape index (κ1) is 33.0. The van der Waals surface area contributed by atoms with Crippen LogP contribution in [0, 0.1) is 7.14 Å². The Hall–Kier alpha value is -2.97. The lowest BCUT2D eigenvalue weighted by Gasteiger charge is -2.25. The fraction of sp³-hybridized carbons (Fsp3) is 0.114. The number of ether oxygens (including phenoxy) is 2. The first-order valence-corrected chi connectivity index (χ1v) is 17.9. The molecule has 0 bridgehead atoms. The molecule has 1 atom stereocenters. The van der Waals surface area contributed by atoms with Crippen LogP contribution in [0.15, 0.2) is 106 Å². The number of nitrogens with zero attached hydrogens (tertiary/aromatic N) is 2. The van der Waals surface area contributed by atoms with Gasteiger partial charge in [-0.15, -0.1) is 0 Å². The average Bonchev–Trinajstić information content (AvgIpc) is 3.35. The molecule has 1 aliphatic heterocycles. The maximum absolute atomic E-state index is 14.3. The quantitative estimate of drug-likeness (QED) is 0.117. The predicted octanol–water partition coefficient (Wildman–Crippen LogP) is 8.03. The van der Waals surface area contributed by atoms with Gasteiger partial charge in [-0.25, -0.2) is 9.79 Å². The lowest BCUT2D eigenvalue weighted by Crippen LogP contribution is -2.40. The molecule has 0 spiro atoms. The minimum atomic E-state index is -0.743. The molecule has 4 aromatic carbocycles. The summed E-state index contributed by atoms with van der Waals surface area (Å²) in [5, 5.41) is 1.06. The molecule has 6 rings (SSSR count). The van der Waals surface area contributed by atoms with Gasteiger partial charge in [0, 0.05) is 30.3 Å². The number of fused-ring (bicyclic) bond motifs is 1. The molecule has 6 nitrogen and oxygen atoms in total. The van der Waals surface area contributed by atoms with Gasteiger partial charge in [0.2, 0.25) is 0 Å². The number of halogens is 4. The van der Waals surface area contributed by atoms with Crippen molar-refractivity contribution in [1.82, 2.24) is 4.57 Å². The van der Waals surface area contributed by atoms with E-state index in [0.29, 0.717) is 36.4 Å². The van der Waals surface area contributed by atoms with Gasteiger partial charge in [-0.05, 0) is 88.0 Å². The zero-order valence-electron chi connectivity index (χ0n) is 24.2. The zero-order valence-corrected chi connectivity index (χ0v) is 30.8. The van der Waals surface area contributed by atoms with E-state index in [9.17, 15) is 9.59 Å². The molecule has 0 amide bonds. The van der Waals surface area contributed by atoms with Gasteiger partial charge in [0.25, 0.3) is 5.56 Å². The van der Waals surface area contributed by atoms with E-state index in [-0.39, 0.29) is 18.8 Å². The van der Waals surface area contributed by atoms with Gasteiger partial charge in [-0.2, -0.15) is 0 Å². The van der Waals surface area contributed by atoms with Crippen LogP contribution in [0.1, 0.15) is 35.2 Å². The van der Waals surface area contributed by atoms with Crippen LogP contribution >= 0.6 is 79.7 Å². The van der Waals surface area contributed by atoms with E-state index >= 15 is 0 Å². The van der Waals surface area contributed by atoms with Crippen molar-refractivity contribution in [3.63, 3.8) is 0 Å². The lowest BCUT2D eigenvalue weighted by molar-refractivity contribution is -0.138. The summed E-state index contributed by atoms with van der Waals surface area (Å²) in [4.78, 5) is 33.4. The Morgan fingerprint density at radius 1 is 1.00 bits per heavy atom. The number of hydrogen-bond acceptors (Lipinski definition) is 6. The molecule has 2 heterocycles. The van der Waals surface area contributed by atoms with Crippen LogP contribution in [0.5, 0.6) is 5.75 Å². The molecule has 232 valence electrons. The lowest BCUT2D eigenvalue weighted by atomic mass is 9.93. The highest BCUT2D eigenvalue weighted by atomic mass is 127. The third-order valence-corrected chi connectivity index (χ3v) is 10.2. The second kappa shape index (κ2) is 14.4. The van der Waals surface area contributed by atoms with Crippen LogP contribution < -0.4 is 19.6 Å². The van der Waals surface area contributed by atoms with Crippen molar-refractivity contribution in [3.05, 3.63) is 156 Å². The molecule has 11 heteroatoms. The van der Waals surface area contributed by atoms with Crippen molar-refractivity contribution in [1.29, 1.82) is 0 Å². The van der Waals surface area contributed by atoms with Crippen molar-refractivity contribution in [2.24, 2.45) is 4.99 Å². The summed E-state index contributed by atoms with van der Waals surface area (Å²) in [7, 11) is 0. The Kier molecular flexibility index (Phi) is 10.3. The van der Waals surface area contributed by atoms with Gasteiger partial charge >= 0.3 is 5.97 Å². The molecule has 0 N–H and O–H groups in total. The molecule has 0 saturated carbocycles. The van der Waals surface area contributed by atoms with Gasteiger partial charge < -0.3 is 9.47 Å². The van der Waals surface area contributed by atoms with Gasteiger partial charge in [-0.3, -0.25) is 9.36 Å². The normalized spacial score (nSPS) is 14.5. The second-order valence-corrected chi connectivity index (χ2v) is 14.4. The predicted molar refractivity (Wildman–Crippen MR) is 200 cm³/mol. The SMILES string of the molecule is CCOC(=O)C1=C(c2ccccc2)N=c2s/c(=C\c3cc(I)cc(I)c3OCc3ccc(Cl)cc3Cl)c(=O)n2[C@H]1c1ccccc1. The standard InChI is InChI=1S/C35H24Cl2I2N2O4S/c1-2-44-34(43)29-30(20-9-5-3-6-10-20)40-35-41(31(29)21-11-7-4-8-12-21)33(42)28(46-35)16-23-15-25(38)18-27(39)32(23)45-19-22-13-14-24(36)17-26(22)37/h3-18,31H,2,19H2,1H3/b28-16-/t31-/m0/s1. The number of aromatic nitrogens is 1. The van der Waals surface area contributed by atoms with Gasteiger partial charge in [0.1, 0.15) is 12.4 Å². The molecular weight excluding hydrogens is 869 g/mol. The molecule has 0 saturated heterocycles. The molecule has 0 unspecified atom stereocenters. The summed E-state index contributed by atoms with van der Waals surface area (Å²) in [6.07, 6.45) is 1.82. The summed E-state index contributed by atoms with van der Waals surface area (Å²) >= 11 is 18.3. The summed E-state index contributed by atoms with van der Waals surface area (Å²) in [5.41, 5.74) is 3.57. The number of rotatable bonds is 8. The summed E-state index contributed by atoms with van der Waals surface area (Å²) in [5.74, 6) is 0.103. The van der Waals surface area contributed by atoms with Gasteiger partial charge in [-0.1, -0.05) is 101 Å². The molecular formula is C35H24Cl2I2N2O4S. The fourth-order valence-corrected chi connectivity index (χ4v) is 8.66. The number of esters is 1. The van der Waals surface area contributed by atoms with E-state index in [1.54, 1.807) is 23.6 Å². The molecule has 1 aliphatic rings.